The lowest BCUT2D eigenvalue weighted by atomic mass is 10.00. The van der Waals surface area contributed by atoms with Crippen LogP contribution in [0.15, 0.2) is 18.2 Å². The normalized spacial score (nSPS) is 14.1. The van der Waals surface area contributed by atoms with Crippen LogP contribution < -0.4 is 14.8 Å². The Bertz CT molecular complexity index is 368. The van der Waals surface area contributed by atoms with Gasteiger partial charge in [0.25, 0.3) is 0 Å². The van der Waals surface area contributed by atoms with Crippen molar-refractivity contribution in [2.45, 2.75) is 25.5 Å². The molecule has 4 nitrogen and oxygen atoms in total. The quantitative estimate of drug-likeness (QED) is 0.810. The average Bonchev–Trinajstić information content (AvgIpc) is 2.43. The van der Waals surface area contributed by atoms with Gasteiger partial charge in [0, 0.05) is 18.7 Å². The van der Waals surface area contributed by atoms with Crippen molar-refractivity contribution in [2.75, 3.05) is 28.4 Å². The molecule has 0 aliphatic carbocycles. The Morgan fingerprint density at radius 1 is 1.17 bits per heavy atom. The van der Waals surface area contributed by atoms with Gasteiger partial charge in [-0.2, -0.15) is 0 Å². The Balaban J connectivity index is 3.01. The number of rotatable bonds is 7. The third-order valence-corrected chi connectivity index (χ3v) is 3.13. The molecule has 0 saturated heterocycles. The highest BCUT2D eigenvalue weighted by Gasteiger charge is 2.18. The van der Waals surface area contributed by atoms with E-state index >= 15 is 0 Å². The van der Waals surface area contributed by atoms with Gasteiger partial charge in [0.2, 0.25) is 0 Å². The standard InChI is InChI=1S/C14H23NO3/c1-10(16-3)8-13(15-2)12-9-11(17-4)6-7-14(12)18-5/h6-7,9-10,13,15H,8H2,1-5H3. The smallest absolute Gasteiger partial charge is 0.123 e. The minimum absolute atomic E-state index is 0.171. The number of benzene rings is 1. The lowest BCUT2D eigenvalue weighted by molar-refractivity contribution is 0.101. The molecule has 1 N–H and O–H groups in total. The summed E-state index contributed by atoms with van der Waals surface area (Å²) in [6, 6.07) is 6.00. The maximum Gasteiger partial charge on any atom is 0.123 e. The van der Waals surface area contributed by atoms with Crippen LogP contribution in [0, 0.1) is 0 Å². The van der Waals surface area contributed by atoms with Crippen LogP contribution in [0.2, 0.25) is 0 Å². The minimum atomic E-state index is 0.171. The van der Waals surface area contributed by atoms with Crippen LogP contribution in [0.3, 0.4) is 0 Å². The van der Waals surface area contributed by atoms with Crippen LogP contribution in [0.1, 0.15) is 24.9 Å². The molecule has 0 spiro atoms. The molecule has 0 aliphatic rings. The van der Waals surface area contributed by atoms with Gasteiger partial charge in [0.15, 0.2) is 0 Å². The van der Waals surface area contributed by atoms with Crippen molar-refractivity contribution in [2.24, 2.45) is 0 Å². The Kier molecular flexibility index (Phi) is 5.95. The summed E-state index contributed by atoms with van der Waals surface area (Å²) in [7, 11) is 7.00. The maximum absolute atomic E-state index is 5.41. The number of ether oxygens (including phenoxy) is 3. The molecule has 1 aromatic carbocycles. The predicted molar refractivity (Wildman–Crippen MR) is 72.4 cm³/mol. The Morgan fingerprint density at radius 2 is 1.89 bits per heavy atom. The van der Waals surface area contributed by atoms with Gasteiger partial charge in [-0.3, -0.25) is 0 Å². The van der Waals surface area contributed by atoms with E-state index in [2.05, 4.69) is 12.2 Å². The molecule has 4 heteroatoms. The summed E-state index contributed by atoms with van der Waals surface area (Å²) in [6.45, 7) is 2.05. The highest BCUT2D eigenvalue weighted by molar-refractivity contribution is 5.42. The van der Waals surface area contributed by atoms with Gasteiger partial charge in [-0.05, 0) is 38.6 Å². The van der Waals surface area contributed by atoms with E-state index in [9.17, 15) is 0 Å². The number of hydrogen-bond acceptors (Lipinski definition) is 4. The van der Waals surface area contributed by atoms with Crippen molar-refractivity contribution in [3.05, 3.63) is 23.8 Å². The van der Waals surface area contributed by atoms with Gasteiger partial charge < -0.3 is 19.5 Å². The molecular formula is C14H23NO3. The molecule has 0 heterocycles. The first-order valence-electron chi connectivity index (χ1n) is 6.08. The molecule has 0 amide bonds. The monoisotopic (exact) mass is 253 g/mol. The molecule has 0 aliphatic heterocycles. The molecule has 0 radical (unpaired) electrons. The average molecular weight is 253 g/mol. The van der Waals surface area contributed by atoms with Crippen molar-refractivity contribution < 1.29 is 14.2 Å². The van der Waals surface area contributed by atoms with Crippen LogP contribution in [0.25, 0.3) is 0 Å². The van der Waals surface area contributed by atoms with Gasteiger partial charge in [-0.25, -0.2) is 0 Å². The van der Waals surface area contributed by atoms with E-state index in [1.807, 2.05) is 25.2 Å². The zero-order valence-electron chi connectivity index (χ0n) is 11.8. The van der Waals surface area contributed by atoms with Gasteiger partial charge in [0.1, 0.15) is 11.5 Å². The fourth-order valence-corrected chi connectivity index (χ4v) is 1.94. The molecule has 1 rings (SSSR count). The number of hydrogen-bond donors (Lipinski definition) is 1. The van der Waals surface area contributed by atoms with Crippen molar-refractivity contribution in [1.82, 2.24) is 5.32 Å². The van der Waals surface area contributed by atoms with Crippen molar-refractivity contribution in [3.8, 4) is 11.5 Å². The molecule has 0 saturated carbocycles. The second-order valence-electron chi connectivity index (χ2n) is 4.23. The van der Waals surface area contributed by atoms with E-state index in [1.165, 1.54) is 0 Å². The van der Waals surface area contributed by atoms with Gasteiger partial charge in [0.05, 0.1) is 20.3 Å². The molecule has 1 aromatic rings. The van der Waals surface area contributed by atoms with E-state index in [0.717, 1.165) is 23.5 Å². The van der Waals surface area contributed by atoms with E-state index < -0.39 is 0 Å². The van der Waals surface area contributed by atoms with Crippen LogP contribution >= 0.6 is 0 Å². The fraction of sp³-hybridized carbons (Fsp3) is 0.571. The largest absolute Gasteiger partial charge is 0.497 e. The van der Waals surface area contributed by atoms with Crippen molar-refractivity contribution >= 4 is 0 Å². The van der Waals surface area contributed by atoms with Crippen LogP contribution in [-0.2, 0) is 4.74 Å². The molecule has 18 heavy (non-hydrogen) atoms. The summed E-state index contributed by atoms with van der Waals surface area (Å²) in [6.07, 6.45) is 1.05. The maximum atomic E-state index is 5.41. The second kappa shape index (κ2) is 7.24. The Labute approximate surface area is 109 Å². The number of nitrogens with one attached hydrogen (secondary N) is 1. The first-order chi connectivity index (χ1) is 8.65. The van der Waals surface area contributed by atoms with Crippen LogP contribution in [-0.4, -0.2) is 34.5 Å². The summed E-state index contributed by atoms with van der Waals surface area (Å²) in [4.78, 5) is 0. The summed E-state index contributed by atoms with van der Waals surface area (Å²) in [5.74, 6) is 1.69. The molecule has 2 atom stereocenters. The molecule has 2 unspecified atom stereocenters. The molecule has 0 fully saturated rings. The third kappa shape index (κ3) is 3.62. The highest BCUT2D eigenvalue weighted by Crippen LogP contribution is 2.31. The van der Waals surface area contributed by atoms with Crippen molar-refractivity contribution in [1.29, 1.82) is 0 Å². The molecular weight excluding hydrogens is 230 g/mol. The van der Waals surface area contributed by atoms with Crippen LogP contribution in [0.5, 0.6) is 11.5 Å². The zero-order chi connectivity index (χ0) is 13.5. The van der Waals surface area contributed by atoms with Crippen LogP contribution in [0.4, 0.5) is 0 Å². The topological polar surface area (TPSA) is 39.7 Å². The first kappa shape index (κ1) is 14.8. The number of methoxy groups -OCH3 is 3. The van der Waals surface area contributed by atoms with E-state index in [4.69, 9.17) is 14.2 Å². The lowest BCUT2D eigenvalue weighted by Gasteiger charge is -2.22. The van der Waals surface area contributed by atoms with Gasteiger partial charge in [-0.15, -0.1) is 0 Å². The molecule has 0 bridgehead atoms. The summed E-state index contributed by atoms with van der Waals surface area (Å²) < 4.78 is 16.0. The lowest BCUT2D eigenvalue weighted by Crippen LogP contribution is -2.22. The minimum Gasteiger partial charge on any atom is -0.497 e. The zero-order valence-corrected chi connectivity index (χ0v) is 11.8. The predicted octanol–water partition coefficient (Wildman–Crippen LogP) is 2.39. The van der Waals surface area contributed by atoms with Crippen molar-refractivity contribution in [3.63, 3.8) is 0 Å². The summed E-state index contributed by atoms with van der Waals surface area (Å²) >= 11 is 0. The Hall–Kier alpha value is -1.26. The fourth-order valence-electron chi connectivity index (χ4n) is 1.94. The molecule has 102 valence electrons. The van der Waals surface area contributed by atoms with E-state index in [1.54, 1.807) is 21.3 Å². The first-order valence-corrected chi connectivity index (χ1v) is 6.08. The SMILES string of the molecule is CNC(CC(C)OC)c1cc(OC)ccc1OC. The summed E-state index contributed by atoms with van der Waals surface area (Å²) in [5, 5.41) is 3.29. The molecule has 0 aromatic heterocycles. The van der Waals surface area contributed by atoms with E-state index in [0.29, 0.717) is 0 Å². The van der Waals surface area contributed by atoms with Gasteiger partial charge >= 0.3 is 0 Å². The third-order valence-electron chi connectivity index (χ3n) is 3.13. The second-order valence-corrected chi connectivity index (χ2v) is 4.23. The highest BCUT2D eigenvalue weighted by atomic mass is 16.5. The van der Waals surface area contributed by atoms with Gasteiger partial charge in [-0.1, -0.05) is 0 Å². The summed E-state index contributed by atoms with van der Waals surface area (Å²) in [5.41, 5.74) is 1.09. The Morgan fingerprint density at radius 3 is 2.39 bits per heavy atom. The van der Waals surface area contributed by atoms with E-state index in [-0.39, 0.29) is 12.1 Å².